The van der Waals surface area contributed by atoms with E-state index in [-0.39, 0.29) is 18.4 Å². The molecule has 1 heterocycles. The monoisotopic (exact) mass is 335 g/mol. The van der Waals surface area contributed by atoms with Crippen LogP contribution in [0, 0.1) is 11.8 Å². The van der Waals surface area contributed by atoms with Gasteiger partial charge in [0.15, 0.2) is 0 Å². The predicted molar refractivity (Wildman–Crippen MR) is 88.7 cm³/mol. The molecule has 0 radical (unpaired) electrons. The first-order valence-corrected chi connectivity index (χ1v) is 8.16. The highest BCUT2D eigenvalue weighted by Crippen LogP contribution is 2.23. The number of ether oxygens (including phenoxy) is 2. The fourth-order valence-electron chi connectivity index (χ4n) is 3.02. The minimum Gasteiger partial charge on any atom is -0.497 e. The number of likely N-dealkylation sites (tertiary alicyclic amines) is 1. The average molecular weight is 335 g/mol. The lowest BCUT2D eigenvalue weighted by atomic mass is 9.90. The van der Waals surface area contributed by atoms with Crippen LogP contribution >= 0.6 is 0 Å². The van der Waals surface area contributed by atoms with Crippen LogP contribution in [-0.4, -0.2) is 48.2 Å². The van der Waals surface area contributed by atoms with E-state index in [1.54, 1.807) is 18.9 Å². The molecule has 24 heavy (non-hydrogen) atoms. The van der Waals surface area contributed by atoms with Gasteiger partial charge < -0.3 is 19.5 Å². The van der Waals surface area contributed by atoms with Gasteiger partial charge in [0, 0.05) is 13.1 Å². The number of benzene rings is 1. The zero-order valence-electron chi connectivity index (χ0n) is 14.4. The van der Waals surface area contributed by atoms with Crippen LogP contribution in [0.15, 0.2) is 24.3 Å². The minimum absolute atomic E-state index is 0.157. The second-order valence-electron chi connectivity index (χ2n) is 6.42. The Balaban J connectivity index is 1.92. The first kappa shape index (κ1) is 18.3. The van der Waals surface area contributed by atoms with E-state index in [1.165, 1.54) is 0 Å². The summed E-state index contributed by atoms with van der Waals surface area (Å²) in [5, 5.41) is 9.21. The molecule has 132 valence electrons. The normalized spacial score (nSPS) is 22.0. The SMILES string of the molecule is COc1cccc(COC(C)C(=O)N2CC(C)CC(C(=O)O)C2)c1. The van der Waals surface area contributed by atoms with Gasteiger partial charge in [-0.2, -0.15) is 0 Å². The van der Waals surface area contributed by atoms with E-state index in [0.29, 0.717) is 19.6 Å². The van der Waals surface area contributed by atoms with Crippen molar-refractivity contribution in [1.82, 2.24) is 4.90 Å². The van der Waals surface area contributed by atoms with E-state index in [0.717, 1.165) is 11.3 Å². The smallest absolute Gasteiger partial charge is 0.308 e. The third-order valence-corrected chi connectivity index (χ3v) is 4.30. The summed E-state index contributed by atoms with van der Waals surface area (Å²) in [5.74, 6) is -0.582. The van der Waals surface area contributed by atoms with Crippen LogP contribution in [0.1, 0.15) is 25.8 Å². The molecule has 1 fully saturated rings. The molecule has 0 spiro atoms. The van der Waals surface area contributed by atoms with Gasteiger partial charge in [0.2, 0.25) is 0 Å². The number of rotatable bonds is 6. The van der Waals surface area contributed by atoms with Gasteiger partial charge in [-0.25, -0.2) is 0 Å². The molecule has 1 aromatic carbocycles. The predicted octanol–water partition coefficient (Wildman–Crippen LogP) is 2.17. The maximum atomic E-state index is 12.5. The van der Waals surface area contributed by atoms with Crippen LogP contribution in [-0.2, 0) is 20.9 Å². The van der Waals surface area contributed by atoms with E-state index in [9.17, 15) is 14.7 Å². The lowest BCUT2D eigenvalue weighted by molar-refractivity contribution is -0.151. The molecule has 0 aromatic heterocycles. The van der Waals surface area contributed by atoms with Gasteiger partial charge in [0.25, 0.3) is 5.91 Å². The molecule has 1 aliphatic rings. The summed E-state index contributed by atoms with van der Waals surface area (Å²) in [5.41, 5.74) is 0.921. The molecule has 0 bridgehead atoms. The van der Waals surface area contributed by atoms with Crippen LogP contribution in [0.2, 0.25) is 0 Å². The highest BCUT2D eigenvalue weighted by molar-refractivity contribution is 5.81. The fourth-order valence-corrected chi connectivity index (χ4v) is 3.02. The second-order valence-corrected chi connectivity index (χ2v) is 6.42. The molecular formula is C18H25NO5. The van der Waals surface area contributed by atoms with Gasteiger partial charge >= 0.3 is 5.97 Å². The van der Waals surface area contributed by atoms with Crippen molar-refractivity contribution < 1.29 is 24.2 Å². The second kappa shape index (κ2) is 8.15. The number of hydrogen-bond acceptors (Lipinski definition) is 4. The Bertz CT molecular complexity index is 589. The van der Waals surface area contributed by atoms with Crippen LogP contribution in [0.25, 0.3) is 0 Å². The Morgan fingerprint density at radius 3 is 2.79 bits per heavy atom. The summed E-state index contributed by atoms with van der Waals surface area (Å²) in [6.45, 7) is 4.81. The number of aliphatic carboxylic acids is 1. The molecule has 3 unspecified atom stereocenters. The maximum absolute atomic E-state index is 12.5. The Labute approximate surface area is 142 Å². The van der Waals surface area contributed by atoms with E-state index >= 15 is 0 Å². The van der Waals surface area contributed by atoms with Crippen molar-refractivity contribution in [2.45, 2.75) is 33.0 Å². The van der Waals surface area contributed by atoms with E-state index in [2.05, 4.69) is 0 Å². The quantitative estimate of drug-likeness (QED) is 0.862. The Morgan fingerprint density at radius 2 is 2.12 bits per heavy atom. The molecule has 1 amide bonds. The number of hydrogen-bond donors (Lipinski definition) is 1. The number of carboxylic acids is 1. The Morgan fingerprint density at radius 1 is 1.38 bits per heavy atom. The van der Waals surface area contributed by atoms with Crippen molar-refractivity contribution >= 4 is 11.9 Å². The lowest BCUT2D eigenvalue weighted by Gasteiger charge is -2.36. The van der Waals surface area contributed by atoms with Gasteiger partial charge in [-0.3, -0.25) is 9.59 Å². The van der Waals surface area contributed by atoms with Gasteiger partial charge in [0.1, 0.15) is 11.9 Å². The molecule has 1 aliphatic heterocycles. The van der Waals surface area contributed by atoms with Gasteiger partial charge in [-0.1, -0.05) is 19.1 Å². The molecule has 1 saturated heterocycles. The standard InChI is InChI=1S/C18H25NO5/c1-12-7-15(18(21)22)10-19(9-12)17(20)13(2)24-11-14-5-4-6-16(8-14)23-3/h4-6,8,12-13,15H,7,9-11H2,1-3H3,(H,21,22). The summed E-state index contributed by atoms with van der Waals surface area (Å²) in [6.07, 6.45) is -0.00558. The summed E-state index contributed by atoms with van der Waals surface area (Å²) in [6, 6.07) is 7.48. The van der Waals surface area contributed by atoms with Crippen LogP contribution in [0.3, 0.4) is 0 Å². The Kier molecular flexibility index (Phi) is 6.20. The fraction of sp³-hybridized carbons (Fsp3) is 0.556. The highest BCUT2D eigenvalue weighted by atomic mass is 16.5. The van der Waals surface area contributed by atoms with Crippen LogP contribution in [0.5, 0.6) is 5.75 Å². The van der Waals surface area contributed by atoms with Crippen molar-refractivity contribution in [3.8, 4) is 5.75 Å². The first-order valence-electron chi connectivity index (χ1n) is 8.16. The van der Waals surface area contributed by atoms with Gasteiger partial charge in [-0.05, 0) is 37.0 Å². The van der Waals surface area contributed by atoms with Crippen molar-refractivity contribution in [3.63, 3.8) is 0 Å². The number of carboxylic acid groups (broad SMARTS) is 1. The minimum atomic E-state index is -0.843. The van der Waals surface area contributed by atoms with E-state index < -0.39 is 18.0 Å². The maximum Gasteiger partial charge on any atom is 0.308 e. The average Bonchev–Trinajstić information content (AvgIpc) is 2.58. The number of carbonyl (C=O) groups excluding carboxylic acids is 1. The summed E-state index contributed by atoms with van der Waals surface area (Å²) < 4.78 is 10.8. The number of carbonyl (C=O) groups is 2. The molecular weight excluding hydrogens is 310 g/mol. The number of piperidine rings is 1. The topological polar surface area (TPSA) is 76.1 Å². The number of methoxy groups -OCH3 is 1. The van der Waals surface area contributed by atoms with Gasteiger partial charge in [-0.15, -0.1) is 0 Å². The lowest BCUT2D eigenvalue weighted by Crippen LogP contribution is -2.49. The van der Waals surface area contributed by atoms with E-state index in [1.807, 2.05) is 31.2 Å². The van der Waals surface area contributed by atoms with Crippen molar-refractivity contribution in [2.75, 3.05) is 20.2 Å². The summed E-state index contributed by atoms with van der Waals surface area (Å²) in [7, 11) is 1.60. The van der Waals surface area contributed by atoms with Crippen molar-refractivity contribution in [3.05, 3.63) is 29.8 Å². The molecule has 1 aromatic rings. The zero-order chi connectivity index (χ0) is 17.7. The molecule has 1 N–H and O–H groups in total. The van der Waals surface area contributed by atoms with E-state index in [4.69, 9.17) is 9.47 Å². The molecule has 6 heteroatoms. The molecule has 3 atom stereocenters. The Hall–Kier alpha value is -2.08. The van der Waals surface area contributed by atoms with Crippen molar-refractivity contribution in [2.24, 2.45) is 11.8 Å². The number of nitrogens with zero attached hydrogens (tertiary/aromatic N) is 1. The third-order valence-electron chi connectivity index (χ3n) is 4.30. The number of amides is 1. The molecule has 6 nitrogen and oxygen atoms in total. The molecule has 0 saturated carbocycles. The van der Waals surface area contributed by atoms with Crippen LogP contribution in [0.4, 0.5) is 0 Å². The largest absolute Gasteiger partial charge is 0.497 e. The zero-order valence-corrected chi connectivity index (χ0v) is 14.4. The summed E-state index contributed by atoms with van der Waals surface area (Å²) in [4.78, 5) is 25.4. The van der Waals surface area contributed by atoms with Crippen LogP contribution < -0.4 is 4.74 Å². The van der Waals surface area contributed by atoms with Crippen molar-refractivity contribution in [1.29, 1.82) is 0 Å². The molecule has 2 rings (SSSR count). The molecule has 0 aliphatic carbocycles. The first-order chi connectivity index (χ1) is 11.4. The third kappa shape index (κ3) is 4.71. The highest BCUT2D eigenvalue weighted by Gasteiger charge is 2.33. The summed E-state index contributed by atoms with van der Waals surface area (Å²) >= 11 is 0. The van der Waals surface area contributed by atoms with Gasteiger partial charge in [0.05, 0.1) is 19.6 Å².